The van der Waals surface area contributed by atoms with E-state index in [2.05, 4.69) is 15.3 Å². The summed E-state index contributed by atoms with van der Waals surface area (Å²) in [6.07, 6.45) is 0.663. The molecule has 15 heavy (non-hydrogen) atoms. The van der Waals surface area contributed by atoms with Gasteiger partial charge in [-0.15, -0.1) is 0 Å². The maximum Gasteiger partial charge on any atom is 0.255 e. The van der Waals surface area contributed by atoms with E-state index in [9.17, 15) is 4.79 Å². The van der Waals surface area contributed by atoms with Crippen LogP contribution < -0.4 is 10.9 Å². The highest BCUT2D eigenvalue weighted by Gasteiger charge is 2.16. The molecule has 82 valence electrons. The van der Waals surface area contributed by atoms with Gasteiger partial charge >= 0.3 is 0 Å². The summed E-state index contributed by atoms with van der Waals surface area (Å²) >= 11 is 0. The van der Waals surface area contributed by atoms with Gasteiger partial charge in [0.05, 0.1) is 17.9 Å². The molecule has 1 aliphatic rings. The van der Waals surface area contributed by atoms with E-state index in [1.807, 2.05) is 6.92 Å². The lowest BCUT2D eigenvalue weighted by Crippen LogP contribution is -2.18. The second-order valence-electron chi connectivity index (χ2n) is 3.49. The Morgan fingerprint density at radius 1 is 1.47 bits per heavy atom. The molecule has 2 N–H and O–H groups in total. The molecule has 0 saturated carbocycles. The Hall–Kier alpha value is -1.20. The van der Waals surface area contributed by atoms with E-state index in [1.54, 1.807) is 0 Å². The number of ether oxygens (including phenoxy) is 1. The number of rotatable bonds is 4. The molecule has 0 spiro atoms. The molecule has 0 aliphatic carbocycles. The lowest BCUT2D eigenvalue weighted by molar-refractivity contribution is 0.149. The predicted octanol–water partition coefficient (Wildman–Crippen LogP) is -0.0479. The fraction of sp³-hybridized carbons (Fsp3) is 0.600. The Kier molecular flexibility index (Phi) is 3.13. The van der Waals surface area contributed by atoms with Crippen molar-refractivity contribution in [3.05, 3.63) is 27.4 Å². The van der Waals surface area contributed by atoms with Crippen molar-refractivity contribution in [2.75, 3.05) is 13.2 Å². The first-order valence-electron chi connectivity index (χ1n) is 5.20. The van der Waals surface area contributed by atoms with E-state index in [0.717, 1.165) is 17.1 Å². The zero-order valence-corrected chi connectivity index (χ0v) is 8.80. The molecule has 0 amide bonds. The van der Waals surface area contributed by atoms with Gasteiger partial charge in [0, 0.05) is 26.1 Å². The molecule has 0 saturated heterocycles. The molecule has 5 nitrogen and oxygen atoms in total. The van der Waals surface area contributed by atoms with Gasteiger partial charge in [-0.2, -0.15) is 0 Å². The fourth-order valence-corrected chi connectivity index (χ4v) is 1.66. The number of nitrogens with one attached hydrogen (secondary N) is 2. The highest BCUT2D eigenvalue weighted by Crippen LogP contribution is 2.07. The Morgan fingerprint density at radius 2 is 2.33 bits per heavy atom. The van der Waals surface area contributed by atoms with Crippen LogP contribution in [0, 0.1) is 0 Å². The molecule has 2 heterocycles. The number of fused-ring (bicyclic) bond motifs is 1. The Bertz CT molecular complexity index is 400. The van der Waals surface area contributed by atoms with Crippen LogP contribution in [0.2, 0.25) is 0 Å². The summed E-state index contributed by atoms with van der Waals surface area (Å²) in [7, 11) is 0. The minimum absolute atomic E-state index is 0.0171. The van der Waals surface area contributed by atoms with E-state index in [1.165, 1.54) is 0 Å². The van der Waals surface area contributed by atoms with E-state index < -0.39 is 0 Å². The summed E-state index contributed by atoms with van der Waals surface area (Å²) in [5.41, 5.74) is 1.64. The lowest BCUT2D eigenvalue weighted by Gasteiger charge is -2.03. The highest BCUT2D eigenvalue weighted by molar-refractivity contribution is 5.21. The predicted molar refractivity (Wildman–Crippen MR) is 55.6 cm³/mol. The first-order valence-corrected chi connectivity index (χ1v) is 5.20. The van der Waals surface area contributed by atoms with E-state index >= 15 is 0 Å². The fourth-order valence-electron chi connectivity index (χ4n) is 1.66. The van der Waals surface area contributed by atoms with E-state index in [-0.39, 0.29) is 5.56 Å². The lowest BCUT2D eigenvalue weighted by atomic mass is 10.2. The monoisotopic (exact) mass is 209 g/mol. The number of H-pyrrole nitrogens is 1. The van der Waals surface area contributed by atoms with Gasteiger partial charge in [0.15, 0.2) is 0 Å². The zero-order chi connectivity index (χ0) is 10.7. The van der Waals surface area contributed by atoms with E-state index in [4.69, 9.17) is 4.74 Å². The number of hydrogen-bond donors (Lipinski definition) is 2. The standard InChI is InChI=1S/C10H15N3O2/c1-2-15-4-3-9-12-8-6-11-5-7(8)10(14)13-9/h11H,2-6H2,1H3,(H,12,13,14). The van der Waals surface area contributed by atoms with Crippen molar-refractivity contribution >= 4 is 0 Å². The third-order valence-corrected chi connectivity index (χ3v) is 2.43. The number of nitrogens with zero attached hydrogens (tertiary/aromatic N) is 1. The molecule has 5 heteroatoms. The van der Waals surface area contributed by atoms with Crippen molar-refractivity contribution in [3.63, 3.8) is 0 Å². The SMILES string of the molecule is CCOCCc1nc2c(c(=O)[nH]1)CNC2. The maximum absolute atomic E-state index is 11.6. The molecular weight excluding hydrogens is 194 g/mol. The quantitative estimate of drug-likeness (QED) is 0.682. The maximum atomic E-state index is 11.6. The van der Waals surface area contributed by atoms with Crippen molar-refractivity contribution < 1.29 is 4.74 Å². The van der Waals surface area contributed by atoms with Gasteiger partial charge in [-0.3, -0.25) is 4.79 Å². The van der Waals surface area contributed by atoms with Crippen LogP contribution in [0.15, 0.2) is 4.79 Å². The van der Waals surface area contributed by atoms with Crippen LogP contribution in [0.25, 0.3) is 0 Å². The van der Waals surface area contributed by atoms with Crippen molar-refractivity contribution in [2.24, 2.45) is 0 Å². The smallest absolute Gasteiger partial charge is 0.255 e. The van der Waals surface area contributed by atoms with Crippen LogP contribution in [0.5, 0.6) is 0 Å². The van der Waals surface area contributed by atoms with Gasteiger partial charge in [-0.1, -0.05) is 0 Å². The minimum atomic E-state index is -0.0171. The van der Waals surface area contributed by atoms with Crippen molar-refractivity contribution in [2.45, 2.75) is 26.4 Å². The molecule has 2 rings (SSSR count). The van der Waals surface area contributed by atoms with Gasteiger partial charge in [0.2, 0.25) is 0 Å². The number of hydrogen-bond acceptors (Lipinski definition) is 4. The van der Waals surface area contributed by atoms with Crippen LogP contribution >= 0.6 is 0 Å². The second kappa shape index (κ2) is 4.55. The van der Waals surface area contributed by atoms with Gasteiger partial charge in [0.1, 0.15) is 5.82 Å². The topological polar surface area (TPSA) is 67.0 Å². The first-order chi connectivity index (χ1) is 7.31. The number of aromatic amines is 1. The van der Waals surface area contributed by atoms with Crippen molar-refractivity contribution in [1.29, 1.82) is 0 Å². The van der Waals surface area contributed by atoms with Crippen molar-refractivity contribution in [1.82, 2.24) is 15.3 Å². The molecular formula is C10H15N3O2. The average Bonchev–Trinajstić information content (AvgIpc) is 2.66. The molecule has 0 radical (unpaired) electrons. The van der Waals surface area contributed by atoms with Crippen LogP contribution in [0.4, 0.5) is 0 Å². The average molecular weight is 209 g/mol. The van der Waals surface area contributed by atoms with Gasteiger partial charge in [-0.25, -0.2) is 4.98 Å². The van der Waals surface area contributed by atoms with Gasteiger partial charge in [0.25, 0.3) is 5.56 Å². The Balaban J connectivity index is 2.13. The van der Waals surface area contributed by atoms with Crippen LogP contribution in [0.1, 0.15) is 24.0 Å². The molecule has 1 aromatic rings. The van der Waals surface area contributed by atoms with Crippen LogP contribution in [-0.2, 0) is 24.2 Å². The summed E-state index contributed by atoms with van der Waals surface area (Å²) in [5.74, 6) is 0.718. The Morgan fingerprint density at radius 3 is 3.13 bits per heavy atom. The van der Waals surface area contributed by atoms with Gasteiger partial charge in [-0.05, 0) is 6.92 Å². The number of aromatic nitrogens is 2. The summed E-state index contributed by atoms with van der Waals surface area (Å²) in [5, 5.41) is 3.11. The summed E-state index contributed by atoms with van der Waals surface area (Å²) in [6, 6.07) is 0. The van der Waals surface area contributed by atoms with Crippen molar-refractivity contribution in [3.8, 4) is 0 Å². The third-order valence-electron chi connectivity index (χ3n) is 2.43. The second-order valence-corrected chi connectivity index (χ2v) is 3.49. The summed E-state index contributed by atoms with van der Waals surface area (Å²) in [4.78, 5) is 18.8. The molecule has 0 bridgehead atoms. The zero-order valence-electron chi connectivity index (χ0n) is 8.80. The first kappa shape index (κ1) is 10.3. The summed E-state index contributed by atoms with van der Waals surface area (Å²) < 4.78 is 5.22. The largest absolute Gasteiger partial charge is 0.381 e. The summed E-state index contributed by atoms with van der Waals surface area (Å²) in [6.45, 7) is 4.56. The molecule has 1 aliphatic heterocycles. The molecule has 0 fully saturated rings. The molecule has 1 aromatic heterocycles. The molecule has 0 aromatic carbocycles. The normalized spacial score (nSPS) is 14.2. The molecule has 0 unspecified atom stereocenters. The van der Waals surface area contributed by atoms with Crippen LogP contribution in [0.3, 0.4) is 0 Å². The minimum Gasteiger partial charge on any atom is -0.381 e. The van der Waals surface area contributed by atoms with Gasteiger partial charge < -0.3 is 15.0 Å². The van der Waals surface area contributed by atoms with E-state index in [0.29, 0.717) is 32.7 Å². The Labute approximate surface area is 87.9 Å². The van der Waals surface area contributed by atoms with Crippen LogP contribution in [-0.4, -0.2) is 23.2 Å². The molecule has 0 atom stereocenters. The highest BCUT2D eigenvalue weighted by atomic mass is 16.5. The third kappa shape index (κ3) is 2.24.